The Kier molecular flexibility index (Phi) is 5.14. The molecule has 0 fully saturated rings. The lowest BCUT2D eigenvalue weighted by Gasteiger charge is -2.10. The second-order valence-corrected chi connectivity index (χ2v) is 6.59. The Labute approximate surface area is 155 Å². The van der Waals surface area contributed by atoms with Crippen LogP contribution in [0.15, 0.2) is 41.4 Å². The lowest BCUT2D eigenvalue weighted by Crippen LogP contribution is -2.24. The molecule has 0 aliphatic carbocycles. The summed E-state index contributed by atoms with van der Waals surface area (Å²) in [4.78, 5) is 16.2. The average Bonchev–Trinajstić information content (AvgIpc) is 3.19. The Hall–Kier alpha value is -2.26. The molecule has 3 rings (SSSR count). The molecule has 2 aromatic heterocycles. The van der Waals surface area contributed by atoms with Gasteiger partial charge in [-0.1, -0.05) is 17.7 Å². The SMILES string of the molecule is CC(C(=O)Nc1ncn(Cc2c(F)cccc2Cl)n1)n1cc(Br)cn1. The number of nitrogens with one attached hydrogen (secondary N) is 1. The normalized spacial score (nSPS) is 12.2. The number of hydrogen-bond donors (Lipinski definition) is 1. The first kappa shape index (κ1) is 17.6. The Morgan fingerprint density at radius 2 is 2.28 bits per heavy atom. The van der Waals surface area contributed by atoms with Crippen molar-refractivity contribution in [1.29, 1.82) is 0 Å². The van der Waals surface area contributed by atoms with Crippen LogP contribution in [0.25, 0.3) is 0 Å². The summed E-state index contributed by atoms with van der Waals surface area (Å²) in [5.41, 5.74) is 0.307. The molecule has 0 aliphatic rings. The first-order chi connectivity index (χ1) is 11.9. The molecule has 1 aromatic carbocycles. The summed E-state index contributed by atoms with van der Waals surface area (Å²) in [6, 6.07) is 3.91. The van der Waals surface area contributed by atoms with E-state index in [0.717, 1.165) is 4.47 Å². The third-order valence-electron chi connectivity index (χ3n) is 3.50. The van der Waals surface area contributed by atoms with Crippen molar-refractivity contribution >= 4 is 39.4 Å². The van der Waals surface area contributed by atoms with E-state index in [0.29, 0.717) is 10.6 Å². The molecule has 0 saturated heterocycles. The summed E-state index contributed by atoms with van der Waals surface area (Å²) in [6.45, 7) is 1.81. The van der Waals surface area contributed by atoms with Crippen molar-refractivity contribution in [1.82, 2.24) is 24.5 Å². The number of benzene rings is 1. The van der Waals surface area contributed by atoms with E-state index in [4.69, 9.17) is 11.6 Å². The summed E-state index contributed by atoms with van der Waals surface area (Å²) in [7, 11) is 0. The molecule has 130 valence electrons. The minimum absolute atomic E-state index is 0.107. The molecular weight excluding hydrogens is 415 g/mol. The monoisotopic (exact) mass is 426 g/mol. The van der Waals surface area contributed by atoms with Gasteiger partial charge < -0.3 is 0 Å². The van der Waals surface area contributed by atoms with Crippen LogP contribution in [0.1, 0.15) is 18.5 Å². The van der Waals surface area contributed by atoms with Crippen LogP contribution in [0.3, 0.4) is 0 Å². The van der Waals surface area contributed by atoms with Gasteiger partial charge in [0.05, 0.1) is 17.2 Å². The summed E-state index contributed by atoms with van der Waals surface area (Å²) >= 11 is 9.28. The second-order valence-electron chi connectivity index (χ2n) is 5.27. The van der Waals surface area contributed by atoms with E-state index >= 15 is 0 Å². The fourth-order valence-corrected chi connectivity index (χ4v) is 2.66. The lowest BCUT2D eigenvalue weighted by molar-refractivity contribution is -0.119. The van der Waals surface area contributed by atoms with Crippen molar-refractivity contribution in [2.75, 3.05) is 5.32 Å². The number of hydrogen-bond acceptors (Lipinski definition) is 4. The highest BCUT2D eigenvalue weighted by Gasteiger charge is 2.18. The van der Waals surface area contributed by atoms with Gasteiger partial charge in [0.2, 0.25) is 5.95 Å². The molecule has 1 unspecified atom stereocenters. The predicted octanol–water partition coefficient (Wildman–Crippen LogP) is 3.28. The molecule has 2 heterocycles. The third kappa shape index (κ3) is 4.05. The van der Waals surface area contributed by atoms with Gasteiger partial charge in [0.15, 0.2) is 0 Å². The lowest BCUT2D eigenvalue weighted by atomic mass is 10.2. The minimum Gasteiger partial charge on any atom is -0.291 e. The van der Waals surface area contributed by atoms with Crippen molar-refractivity contribution in [3.05, 3.63) is 57.8 Å². The summed E-state index contributed by atoms with van der Waals surface area (Å²) in [5, 5.41) is 11.1. The van der Waals surface area contributed by atoms with Gasteiger partial charge in [0, 0.05) is 16.8 Å². The first-order valence-electron chi connectivity index (χ1n) is 7.27. The molecule has 3 aromatic rings. The fraction of sp³-hybridized carbons (Fsp3) is 0.200. The Bertz CT molecular complexity index is 891. The number of nitrogens with zero attached hydrogens (tertiary/aromatic N) is 5. The van der Waals surface area contributed by atoms with Crippen LogP contribution in [-0.2, 0) is 11.3 Å². The standard InChI is InChI=1S/C15H13BrClFN6O/c1-9(24-6-10(16)5-20-24)14(25)21-15-19-8-23(22-15)7-11-12(17)3-2-4-13(11)18/h2-6,8-9H,7H2,1H3,(H,21,22,25). The summed E-state index contributed by atoms with van der Waals surface area (Å²) in [5.74, 6) is -0.626. The number of rotatable bonds is 5. The van der Waals surface area contributed by atoms with Crippen molar-refractivity contribution in [2.24, 2.45) is 0 Å². The topological polar surface area (TPSA) is 77.6 Å². The molecule has 25 heavy (non-hydrogen) atoms. The number of anilines is 1. The summed E-state index contributed by atoms with van der Waals surface area (Å²) < 4.78 is 17.5. The number of aromatic nitrogens is 5. The maximum atomic E-state index is 13.8. The Balaban J connectivity index is 1.68. The minimum atomic E-state index is -0.542. The highest BCUT2D eigenvalue weighted by molar-refractivity contribution is 9.10. The predicted molar refractivity (Wildman–Crippen MR) is 93.8 cm³/mol. The Morgan fingerprint density at radius 1 is 1.48 bits per heavy atom. The van der Waals surface area contributed by atoms with Crippen LogP contribution < -0.4 is 5.32 Å². The van der Waals surface area contributed by atoms with Gasteiger partial charge in [0.25, 0.3) is 5.91 Å². The van der Waals surface area contributed by atoms with Crippen LogP contribution in [0.5, 0.6) is 0 Å². The molecule has 10 heteroatoms. The zero-order valence-electron chi connectivity index (χ0n) is 13.0. The molecule has 1 amide bonds. The van der Waals surface area contributed by atoms with E-state index in [2.05, 4.69) is 36.4 Å². The molecule has 0 spiro atoms. The largest absolute Gasteiger partial charge is 0.291 e. The first-order valence-corrected chi connectivity index (χ1v) is 8.44. The zero-order chi connectivity index (χ0) is 18.0. The maximum absolute atomic E-state index is 13.8. The van der Waals surface area contributed by atoms with Crippen LogP contribution in [0, 0.1) is 5.82 Å². The second kappa shape index (κ2) is 7.32. The van der Waals surface area contributed by atoms with Crippen molar-refractivity contribution < 1.29 is 9.18 Å². The van der Waals surface area contributed by atoms with E-state index in [1.807, 2.05) is 0 Å². The van der Waals surface area contributed by atoms with E-state index in [1.165, 1.54) is 27.8 Å². The van der Waals surface area contributed by atoms with Gasteiger partial charge in [-0.25, -0.2) is 14.1 Å². The van der Waals surface area contributed by atoms with E-state index in [-0.39, 0.29) is 18.4 Å². The van der Waals surface area contributed by atoms with Gasteiger partial charge in [-0.2, -0.15) is 5.10 Å². The maximum Gasteiger partial charge on any atom is 0.251 e. The quantitative estimate of drug-likeness (QED) is 0.678. The van der Waals surface area contributed by atoms with Gasteiger partial charge in [-0.3, -0.25) is 14.8 Å². The summed E-state index contributed by atoms with van der Waals surface area (Å²) in [6.07, 6.45) is 4.68. The fourth-order valence-electron chi connectivity index (χ4n) is 2.13. The van der Waals surface area contributed by atoms with E-state index in [9.17, 15) is 9.18 Å². The van der Waals surface area contributed by atoms with Gasteiger partial charge in [-0.15, -0.1) is 5.10 Å². The number of carbonyl (C=O) groups is 1. The van der Waals surface area contributed by atoms with Crippen LogP contribution in [0.4, 0.5) is 10.3 Å². The molecule has 1 N–H and O–H groups in total. The molecule has 0 radical (unpaired) electrons. The van der Waals surface area contributed by atoms with E-state index < -0.39 is 11.9 Å². The highest BCUT2D eigenvalue weighted by Crippen LogP contribution is 2.20. The van der Waals surface area contributed by atoms with E-state index in [1.54, 1.807) is 25.4 Å². The van der Waals surface area contributed by atoms with Gasteiger partial charge in [0.1, 0.15) is 18.2 Å². The molecule has 0 bridgehead atoms. The average molecular weight is 428 g/mol. The zero-order valence-corrected chi connectivity index (χ0v) is 15.4. The van der Waals surface area contributed by atoms with Crippen molar-refractivity contribution in [2.45, 2.75) is 19.5 Å². The number of carbonyl (C=O) groups excluding carboxylic acids is 1. The third-order valence-corrected chi connectivity index (χ3v) is 4.26. The van der Waals surface area contributed by atoms with Crippen LogP contribution in [0.2, 0.25) is 5.02 Å². The van der Waals surface area contributed by atoms with Crippen molar-refractivity contribution in [3.63, 3.8) is 0 Å². The molecule has 0 saturated carbocycles. The van der Waals surface area contributed by atoms with Gasteiger partial charge >= 0.3 is 0 Å². The smallest absolute Gasteiger partial charge is 0.251 e. The molecule has 1 atom stereocenters. The molecule has 0 aliphatic heterocycles. The highest BCUT2D eigenvalue weighted by atomic mass is 79.9. The van der Waals surface area contributed by atoms with Crippen LogP contribution >= 0.6 is 27.5 Å². The molecule has 7 nitrogen and oxygen atoms in total. The van der Waals surface area contributed by atoms with Crippen LogP contribution in [-0.4, -0.2) is 30.5 Å². The Morgan fingerprint density at radius 3 is 2.96 bits per heavy atom. The number of halogens is 3. The number of amides is 1. The molecular formula is C15H13BrClFN6O. The van der Waals surface area contributed by atoms with Gasteiger partial charge in [-0.05, 0) is 35.0 Å². The van der Waals surface area contributed by atoms with Crippen molar-refractivity contribution in [3.8, 4) is 0 Å².